The van der Waals surface area contributed by atoms with Gasteiger partial charge in [0.05, 0.1) is 23.6 Å². The van der Waals surface area contributed by atoms with Gasteiger partial charge >= 0.3 is 5.97 Å². The number of rotatable bonds is 8. The van der Waals surface area contributed by atoms with Crippen LogP contribution in [-0.2, 0) is 21.4 Å². The van der Waals surface area contributed by atoms with Gasteiger partial charge in [-0.15, -0.1) is 10.2 Å². The molecule has 0 bridgehead atoms. The minimum absolute atomic E-state index is 0.00562. The van der Waals surface area contributed by atoms with Gasteiger partial charge in [0.25, 0.3) is 5.22 Å². The molecule has 1 heterocycles. The van der Waals surface area contributed by atoms with Gasteiger partial charge in [-0.3, -0.25) is 4.79 Å². The lowest BCUT2D eigenvalue weighted by molar-refractivity contribution is -0.133. The third kappa shape index (κ3) is 4.84. The van der Waals surface area contributed by atoms with E-state index in [1.807, 2.05) is 0 Å². The first kappa shape index (κ1) is 18.5. The van der Waals surface area contributed by atoms with Crippen molar-refractivity contribution in [2.24, 2.45) is 0 Å². The Morgan fingerprint density at radius 2 is 2.21 bits per heavy atom. The van der Waals surface area contributed by atoms with Crippen molar-refractivity contribution in [1.29, 1.82) is 0 Å². The predicted molar refractivity (Wildman–Crippen MR) is 84.7 cm³/mol. The van der Waals surface area contributed by atoms with Crippen molar-refractivity contribution in [2.45, 2.75) is 16.7 Å². The van der Waals surface area contributed by atoms with Gasteiger partial charge < -0.3 is 14.3 Å². The zero-order chi connectivity index (χ0) is 17.7. The second-order valence-corrected chi connectivity index (χ2v) is 7.37. The quantitative estimate of drug-likeness (QED) is 0.638. The lowest BCUT2D eigenvalue weighted by atomic mass is 10.3. The number of carboxylic acid groups (broad SMARTS) is 1. The average Bonchev–Trinajstić information content (AvgIpc) is 2.99. The highest BCUT2D eigenvalue weighted by atomic mass is 35.5. The summed E-state index contributed by atoms with van der Waals surface area (Å²) in [6.45, 7) is -0.243. The van der Waals surface area contributed by atoms with Crippen LogP contribution in [0.25, 0.3) is 0 Å². The summed E-state index contributed by atoms with van der Waals surface area (Å²) in [6, 6.07) is 4.03. The summed E-state index contributed by atoms with van der Waals surface area (Å²) in [4.78, 5) is 10.4. The Bertz CT molecular complexity index is 839. The standard InChI is InChI=1S/C12H12ClN3O6S2/c1-21-9-3-2-7(4-8(9)13)24(19,20)14-5-10-15-16-12(22-10)23-6-11(17)18/h2-4,14H,5-6H2,1H3,(H,17,18). The first-order valence-electron chi connectivity index (χ1n) is 6.32. The Hall–Kier alpha value is -1.82. The van der Waals surface area contributed by atoms with Crippen molar-refractivity contribution in [2.75, 3.05) is 12.9 Å². The molecule has 9 nitrogen and oxygen atoms in total. The molecule has 0 aliphatic carbocycles. The van der Waals surface area contributed by atoms with Crippen molar-refractivity contribution in [1.82, 2.24) is 14.9 Å². The fraction of sp³-hybridized carbons (Fsp3) is 0.250. The molecule has 0 aliphatic rings. The van der Waals surface area contributed by atoms with E-state index in [0.29, 0.717) is 5.75 Å². The van der Waals surface area contributed by atoms with Crippen LogP contribution in [0.2, 0.25) is 5.02 Å². The summed E-state index contributed by atoms with van der Waals surface area (Å²) < 4.78 is 36.8. The van der Waals surface area contributed by atoms with E-state index in [0.717, 1.165) is 11.8 Å². The van der Waals surface area contributed by atoms with Gasteiger partial charge in [0.2, 0.25) is 15.9 Å². The van der Waals surface area contributed by atoms with Crippen molar-refractivity contribution >= 4 is 39.4 Å². The molecule has 0 fully saturated rings. The highest BCUT2D eigenvalue weighted by Gasteiger charge is 2.18. The lowest BCUT2D eigenvalue weighted by Crippen LogP contribution is -2.23. The highest BCUT2D eigenvalue weighted by molar-refractivity contribution is 7.99. The molecule has 0 atom stereocenters. The Balaban J connectivity index is 2.02. The Morgan fingerprint density at radius 1 is 1.46 bits per heavy atom. The minimum atomic E-state index is -3.84. The van der Waals surface area contributed by atoms with Gasteiger partial charge in [-0.1, -0.05) is 23.4 Å². The number of carboxylic acids is 1. The minimum Gasteiger partial charge on any atom is -0.495 e. The fourth-order valence-corrected chi connectivity index (χ4v) is 3.37. The molecule has 1 aromatic carbocycles. The van der Waals surface area contributed by atoms with E-state index in [4.69, 9.17) is 25.9 Å². The predicted octanol–water partition coefficient (Wildman–Crippen LogP) is 1.39. The summed E-state index contributed by atoms with van der Waals surface area (Å²) >= 11 is 6.74. The molecular weight excluding hydrogens is 382 g/mol. The molecule has 0 saturated carbocycles. The third-order valence-electron chi connectivity index (χ3n) is 2.61. The van der Waals surface area contributed by atoms with Crippen molar-refractivity contribution in [3.05, 3.63) is 29.1 Å². The Labute approximate surface area is 146 Å². The van der Waals surface area contributed by atoms with Crippen LogP contribution < -0.4 is 9.46 Å². The lowest BCUT2D eigenvalue weighted by Gasteiger charge is -2.07. The van der Waals surface area contributed by atoms with Gasteiger partial charge in [0, 0.05) is 0 Å². The van der Waals surface area contributed by atoms with Crippen LogP contribution in [-0.4, -0.2) is 42.6 Å². The number of carbonyl (C=O) groups is 1. The first-order chi connectivity index (χ1) is 11.3. The van der Waals surface area contributed by atoms with E-state index >= 15 is 0 Å². The Kier molecular flexibility index (Phi) is 6.04. The number of halogens is 1. The van der Waals surface area contributed by atoms with Crippen LogP contribution in [0, 0.1) is 0 Å². The van der Waals surface area contributed by atoms with Crippen molar-refractivity contribution < 1.29 is 27.5 Å². The second kappa shape index (κ2) is 7.83. The maximum Gasteiger partial charge on any atom is 0.314 e. The Morgan fingerprint density at radius 3 is 2.83 bits per heavy atom. The first-order valence-corrected chi connectivity index (χ1v) is 9.16. The van der Waals surface area contributed by atoms with Gasteiger partial charge in [-0.25, -0.2) is 13.1 Å². The smallest absolute Gasteiger partial charge is 0.314 e. The molecule has 0 aliphatic heterocycles. The van der Waals surface area contributed by atoms with E-state index in [1.54, 1.807) is 0 Å². The maximum absolute atomic E-state index is 12.2. The number of nitrogens with one attached hydrogen (secondary N) is 1. The molecule has 0 radical (unpaired) electrons. The number of thioether (sulfide) groups is 1. The third-order valence-corrected chi connectivity index (χ3v) is 5.11. The summed E-state index contributed by atoms with van der Waals surface area (Å²) in [7, 11) is -2.42. The summed E-state index contributed by atoms with van der Waals surface area (Å²) in [5, 5.41) is 16.0. The topological polar surface area (TPSA) is 132 Å². The highest BCUT2D eigenvalue weighted by Crippen LogP contribution is 2.26. The molecule has 0 spiro atoms. The zero-order valence-electron chi connectivity index (χ0n) is 12.2. The van der Waals surface area contributed by atoms with E-state index < -0.39 is 16.0 Å². The number of nitrogens with zero attached hydrogens (tertiary/aromatic N) is 2. The molecular formula is C12H12ClN3O6S2. The summed E-state index contributed by atoms with van der Waals surface area (Å²) in [6.07, 6.45) is 0. The van der Waals surface area contributed by atoms with Crippen molar-refractivity contribution in [3.63, 3.8) is 0 Å². The summed E-state index contributed by atoms with van der Waals surface area (Å²) in [5.41, 5.74) is 0. The van der Waals surface area contributed by atoms with E-state index in [9.17, 15) is 13.2 Å². The molecule has 0 unspecified atom stereocenters. The monoisotopic (exact) mass is 393 g/mol. The molecule has 12 heteroatoms. The zero-order valence-corrected chi connectivity index (χ0v) is 14.6. The number of methoxy groups -OCH3 is 1. The number of ether oxygens (including phenoxy) is 1. The molecule has 0 amide bonds. The number of benzene rings is 1. The van der Waals surface area contributed by atoms with Gasteiger partial charge in [-0.2, -0.15) is 0 Å². The van der Waals surface area contributed by atoms with Crippen molar-refractivity contribution in [3.8, 4) is 5.75 Å². The van der Waals surface area contributed by atoms with E-state index in [2.05, 4.69) is 14.9 Å². The van der Waals surface area contributed by atoms with E-state index in [-0.39, 0.29) is 33.3 Å². The number of sulfonamides is 1. The number of hydrogen-bond donors (Lipinski definition) is 2. The molecule has 1 aromatic heterocycles. The largest absolute Gasteiger partial charge is 0.495 e. The normalized spacial score (nSPS) is 11.4. The van der Waals surface area contributed by atoms with Crippen LogP contribution in [0.15, 0.2) is 32.7 Å². The van der Waals surface area contributed by atoms with Gasteiger partial charge in [0.15, 0.2) is 0 Å². The molecule has 2 aromatic rings. The van der Waals surface area contributed by atoms with Crippen LogP contribution in [0.4, 0.5) is 0 Å². The van der Waals surface area contributed by atoms with Gasteiger partial charge in [-0.05, 0) is 18.2 Å². The number of hydrogen-bond acceptors (Lipinski definition) is 8. The van der Waals surface area contributed by atoms with Crippen LogP contribution >= 0.6 is 23.4 Å². The van der Waals surface area contributed by atoms with E-state index in [1.165, 1.54) is 25.3 Å². The van der Waals surface area contributed by atoms with Crippen LogP contribution in [0.5, 0.6) is 5.75 Å². The van der Waals surface area contributed by atoms with Crippen LogP contribution in [0.3, 0.4) is 0 Å². The van der Waals surface area contributed by atoms with Gasteiger partial charge in [0.1, 0.15) is 11.5 Å². The molecule has 130 valence electrons. The summed E-state index contributed by atoms with van der Waals surface area (Å²) in [5.74, 6) is -0.909. The number of aromatic nitrogens is 2. The number of aliphatic carboxylic acids is 1. The maximum atomic E-state index is 12.2. The van der Waals surface area contributed by atoms with Crippen LogP contribution in [0.1, 0.15) is 5.89 Å². The molecule has 0 saturated heterocycles. The second-order valence-electron chi connectivity index (χ2n) is 4.27. The molecule has 24 heavy (non-hydrogen) atoms. The molecule has 2 rings (SSSR count). The molecule has 2 N–H and O–H groups in total. The fourth-order valence-electron chi connectivity index (χ4n) is 1.55. The SMILES string of the molecule is COc1ccc(S(=O)(=O)NCc2nnc(SCC(=O)O)o2)cc1Cl. The average molecular weight is 394 g/mol.